The predicted molar refractivity (Wildman–Crippen MR) is 161 cm³/mol. The minimum atomic E-state index is -3.45. The number of benzene rings is 3. The highest BCUT2D eigenvalue weighted by molar-refractivity contribution is 7.92. The Morgan fingerprint density at radius 1 is 0.929 bits per heavy atom. The standard InChI is InChI=1S/C31H36FN5O4S/c1-42(40,41)35-26-8-4-5-9-29(26)36-14-16-37(17-15-36)31(39)28(18-22-10-12-23(20-32)13-11-22)34-30(38)27-19-24-6-2-3-7-25(24)21-33-27/h2-13,27-28,33,35H,14-21H2,1H3,(H,34,38)/t27-,28+/m0/s1. The van der Waals surface area contributed by atoms with Gasteiger partial charge in [0.25, 0.3) is 0 Å². The number of fused-ring (bicyclic) bond motifs is 1. The SMILES string of the molecule is CS(=O)(=O)Nc1ccccc1N1CCN(C(=O)[C@@H](Cc2ccc(CF)cc2)NC(=O)[C@@H]2Cc3ccccc3CN2)CC1. The molecule has 1 fully saturated rings. The molecule has 2 heterocycles. The van der Waals surface area contributed by atoms with Gasteiger partial charge in [0.2, 0.25) is 21.8 Å². The molecule has 0 saturated carbocycles. The van der Waals surface area contributed by atoms with Crippen molar-refractivity contribution in [3.63, 3.8) is 0 Å². The topological polar surface area (TPSA) is 111 Å². The van der Waals surface area contributed by atoms with Gasteiger partial charge in [0.05, 0.1) is 23.7 Å². The summed E-state index contributed by atoms with van der Waals surface area (Å²) in [6, 6.07) is 20.9. The molecule has 2 aliphatic rings. The van der Waals surface area contributed by atoms with Gasteiger partial charge in [-0.05, 0) is 40.8 Å². The second-order valence-corrected chi connectivity index (χ2v) is 12.6. The number of para-hydroxylation sites is 2. The third kappa shape index (κ3) is 7.27. The van der Waals surface area contributed by atoms with E-state index in [0.717, 1.165) is 28.6 Å². The van der Waals surface area contributed by atoms with Crippen LogP contribution >= 0.6 is 0 Å². The molecule has 2 amide bonds. The number of nitrogens with zero attached hydrogens (tertiary/aromatic N) is 2. The average molecular weight is 594 g/mol. The van der Waals surface area contributed by atoms with Gasteiger partial charge in [0.15, 0.2) is 0 Å². The number of rotatable bonds is 9. The molecule has 9 nitrogen and oxygen atoms in total. The van der Waals surface area contributed by atoms with E-state index in [2.05, 4.69) is 15.4 Å². The van der Waals surface area contributed by atoms with Crippen molar-refractivity contribution >= 4 is 33.2 Å². The van der Waals surface area contributed by atoms with Crippen molar-refractivity contribution in [3.8, 4) is 0 Å². The van der Waals surface area contributed by atoms with E-state index >= 15 is 0 Å². The third-order valence-electron chi connectivity index (χ3n) is 7.76. The second-order valence-electron chi connectivity index (χ2n) is 10.8. The molecule has 2 aliphatic heterocycles. The Bertz CT molecular complexity index is 1520. The summed E-state index contributed by atoms with van der Waals surface area (Å²) in [4.78, 5) is 31.1. The van der Waals surface area contributed by atoms with Crippen molar-refractivity contribution in [2.45, 2.75) is 38.1 Å². The molecule has 3 aromatic rings. The highest BCUT2D eigenvalue weighted by Crippen LogP contribution is 2.27. The van der Waals surface area contributed by atoms with Crippen LogP contribution in [0.3, 0.4) is 0 Å². The van der Waals surface area contributed by atoms with Gasteiger partial charge in [-0.15, -0.1) is 0 Å². The fraction of sp³-hybridized carbons (Fsp3) is 0.355. The number of sulfonamides is 1. The zero-order chi connectivity index (χ0) is 29.7. The van der Waals surface area contributed by atoms with Crippen LogP contribution in [0, 0.1) is 0 Å². The first kappa shape index (κ1) is 29.5. The highest BCUT2D eigenvalue weighted by Gasteiger charge is 2.32. The summed E-state index contributed by atoms with van der Waals surface area (Å²) in [5, 5.41) is 6.30. The lowest BCUT2D eigenvalue weighted by Crippen LogP contribution is -2.58. The summed E-state index contributed by atoms with van der Waals surface area (Å²) >= 11 is 0. The van der Waals surface area contributed by atoms with E-state index in [-0.39, 0.29) is 18.2 Å². The van der Waals surface area contributed by atoms with E-state index < -0.39 is 28.8 Å². The number of hydrogen-bond donors (Lipinski definition) is 3. The average Bonchev–Trinajstić information content (AvgIpc) is 3.00. The zero-order valence-electron chi connectivity index (χ0n) is 23.6. The number of nitrogens with one attached hydrogen (secondary N) is 3. The number of carbonyl (C=O) groups excluding carboxylic acids is 2. The minimum Gasteiger partial charge on any atom is -0.366 e. The molecular formula is C31H36FN5O4S. The minimum absolute atomic E-state index is 0.184. The number of piperazine rings is 1. The first-order chi connectivity index (χ1) is 20.2. The summed E-state index contributed by atoms with van der Waals surface area (Å²) in [7, 11) is -3.45. The van der Waals surface area contributed by atoms with Crippen LogP contribution in [-0.4, -0.2) is 69.7 Å². The van der Waals surface area contributed by atoms with E-state index in [4.69, 9.17) is 0 Å². The summed E-state index contributed by atoms with van der Waals surface area (Å²) in [5.41, 5.74) is 4.89. The summed E-state index contributed by atoms with van der Waals surface area (Å²) in [5.74, 6) is -0.418. The first-order valence-corrected chi connectivity index (χ1v) is 15.9. The van der Waals surface area contributed by atoms with Crippen molar-refractivity contribution in [2.24, 2.45) is 0 Å². The van der Waals surface area contributed by atoms with Crippen LogP contribution < -0.4 is 20.3 Å². The predicted octanol–water partition coefficient (Wildman–Crippen LogP) is 2.62. The Kier molecular flexibility index (Phi) is 9.08. The zero-order valence-corrected chi connectivity index (χ0v) is 24.4. The number of anilines is 2. The number of amides is 2. The van der Waals surface area contributed by atoms with Crippen LogP contribution in [0.25, 0.3) is 0 Å². The summed E-state index contributed by atoms with van der Waals surface area (Å²) in [6.07, 6.45) is 1.93. The molecule has 0 spiro atoms. The van der Waals surface area contributed by atoms with E-state index in [1.54, 1.807) is 41.3 Å². The molecule has 5 rings (SSSR count). The monoisotopic (exact) mass is 593 g/mol. The highest BCUT2D eigenvalue weighted by atomic mass is 32.2. The normalized spacial score (nSPS) is 17.7. The van der Waals surface area contributed by atoms with Crippen molar-refractivity contribution in [3.05, 3.63) is 95.1 Å². The Morgan fingerprint density at radius 2 is 1.57 bits per heavy atom. The molecule has 1 saturated heterocycles. The van der Waals surface area contributed by atoms with E-state index in [1.165, 1.54) is 0 Å². The van der Waals surface area contributed by atoms with Crippen molar-refractivity contribution < 1.29 is 22.4 Å². The van der Waals surface area contributed by atoms with Gasteiger partial charge >= 0.3 is 0 Å². The second kappa shape index (κ2) is 12.9. The molecule has 11 heteroatoms. The molecule has 0 radical (unpaired) electrons. The Hall–Kier alpha value is -3.96. The molecular weight excluding hydrogens is 557 g/mol. The number of hydrogen-bond acceptors (Lipinski definition) is 6. The van der Waals surface area contributed by atoms with Crippen LogP contribution in [0.4, 0.5) is 15.8 Å². The molecule has 3 aromatic carbocycles. The smallest absolute Gasteiger partial charge is 0.245 e. The number of halogens is 1. The number of carbonyl (C=O) groups is 2. The molecule has 3 N–H and O–H groups in total. The van der Waals surface area contributed by atoms with Crippen LogP contribution in [0.1, 0.15) is 22.3 Å². The van der Waals surface area contributed by atoms with Crippen LogP contribution in [0.5, 0.6) is 0 Å². The van der Waals surface area contributed by atoms with Crippen LogP contribution in [0.2, 0.25) is 0 Å². The largest absolute Gasteiger partial charge is 0.366 e. The van der Waals surface area contributed by atoms with Gasteiger partial charge < -0.3 is 20.4 Å². The van der Waals surface area contributed by atoms with Crippen LogP contribution in [-0.2, 0) is 45.7 Å². The number of alkyl halides is 1. The molecule has 0 aliphatic carbocycles. The third-order valence-corrected chi connectivity index (χ3v) is 8.35. The maximum Gasteiger partial charge on any atom is 0.245 e. The van der Waals surface area contributed by atoms with Crippen LogP contribution in [0.15, 0.2) is 72.8 Å². The maximum atomic E-state index is 13.9. The van der Waals surface area contributed by atoms with E-state index in [1.807, 2.05) is 41.3 Å². The van der Waals surface area contributed by atoms with Gasteiger partial charge in [-0.3, -0.25) is 14.3 Å². The lowest BCUT2D eigenvalue weighted by molar-refractivity contribution is -0.137. The van der Waals surface area contributed by atoms with Crippen molar-refractivity contribution in [1.29, 1.82) is 0 Å². The molecule has 0 bridgehead atoms. The quantitative estimate of drug-likeness (QED) is 0.352. The van der Waals surface area contributed by atoms with Crippen molar-refractivity contribution in [2.75, 3.05) is 42.1 Å². The van der Waals surface area contributed by atoms with E-state index in [0.29, 0.717) is 50.4 Å². The molecule has 2 atom stereocenters. The Labute approximate surface area is 246 Å². The van der Waals surface area contributed by atoms with Crippen molar-refractivity contribution in [1.82, 2.24) is 15.5 Å². The van der Waals surface area contributed by atoms with Gasteiger partial charge in [-0.25, -0.2) is 12.8 Å². The van der Waals surface area contributed by atoms with Gasteiger partial charge in [0, 0.05) is 39.1 Å². The Balaban J connectivity index is 1.29. The Morgan fingerprint density at radius 3 is 2.26 bits per heavy atom. The molecule has 0 unspecified atom stereocenters. The first-order valence-electron chi connectivity index (χ1n) is 14.0. The summed E-state index contributed by atoms with van der Waals surface area (Å²) < 4.78 is 39.4. The summed E-state index contributed by atoms with van der Waals surface area (Å²) in [6.45, 7) is 1.83. The lowest BCUT2D eigenvalue weighted by Gasteiger charge is -2.38. The van der Waals surface area contributed by atoms with E-state index in [9.17, 15) is 22.4 Å². The lowest BCUT2D eigenvalue weighted by atomic mass is 9.95. The van der Waals surface area contributed by atoms with Gasteiger partial charge in [0.1, 0.15) is 12.7 Å². The maximum absolute atomic E-state index is 13.9. The fourth-order valence-electron chi connectivity index (χ4n) is 5.54. The molecule has 0 aromatic heterocycles. The molecule has 222 valence electrons. The van der Waals surface area contributed by atoms with Gasteiger partial charge in [-0.1, -0.05) is 60.7 Å². The fourth-order valence-corrected chi connectivity index (χ4v) is 6.11. The van der Waals surface area contributed by atoms with Gasteiger partial charge in [-0.2, -0.15) is 0 Å². The molecule has 42 heavy (non-hydrogen) atoms.